The van der Waals surface area contributed by atoms with E-state index in [1.807, 2.05) is 54.6 Å². The summed E-state index contributed by atoms with van der Waals surface area (Å²) in [4.78, 5) is 26.6. The van der Waals surface area contributed by atoms with Gasteiger partial charge in [-0.1, -0.05) is 76.7 Å². The molecule has 0 saturated carbocycles. The molecule has 0 bridgehead atoms. The molecule has 174 valence electrons. The summed E-state index contributed by atoms with van der Waals surface area (Å²) in [5, 5.41) is 0. The molecule has 0 aromatic heterocycles. The third-order valence-electron chi connectivity index (χ3n) is 4.94. The number of amides is 1. The molecule has 1 aliphatic heterocycles. The van der Waals surface area contributed by atoms with Crippen molar-refractivity contribution >= 4 is 62.2 Å². The number of hydrogen-bond donors (Lipinski definition) is 0. The second kappa shape index (κ2) is 12.9. The largest absolute Gasteiger partial charge is 0.488 e. The zero-order valence-corrected chi connectivity index (χ0v) is 21.6. The summed E-state index contributed by atoms with van der Waals surface area (Å²) in [7, 11) is 0. The maximum absolute atomic E-state index is 13.0. The average molecular weight is 549 g/mol. The number of nitrogens with zero attached hydrogens (tertiary/aromatic N) is 1. The number of thiocarbonyl (C=S) groups is 1. The monoisotopic (exact) mass is 547 g/mol. The van der Waals surface area contributed by atoms with Gasteiger partial charge >= 0.3 is 5.97 Å². The van der Waals surface area contributed by atoms with Crippen molar-refractivity contribution in [2.75, 3.05) is 13.2 Å². The zero-order valence-electron chi connectivity index (χ0n) is 18.4. The van der Waals surface area contributed by atoms with E-state index in [2.05, 4.69) is 15.9 Å². The standard InChI is InChI=1S/C25H26BrNO4S2/c1-2-30-23(28)11-7-4-8-14-27-24(29)22(33-25(27)32)16-19-15-20(26)12-13-21(19)31-17-18-9-5-3-6-10-18/h3,5-6,9-10,12-13,15-16H,2,4,7-8,11,14,17H2,1H3/b22-16-. The van der Waals surface area contributed by atoms with Crippen molar-refractivity contribution in [1.82, 2.24) is 4.90 Å². The molecule has 0 radical (unpaired) electrons. The van der Waals surface area contributed by atoms with Gasteiger partial charge in [0.2, 0.25) is 0 Å². The highest BCUT2D eigenvalue weighted by Gasteiger charge is 2.31. The van der Waals surface area contributed by atoms with Crippen molar-refractivity contribution in [3.63, 3.8) is 0 Å². The topological polar surface area (TPSA) is 55.8 Å². The Kier molecular flexibility index (Phi) is 9.96. The van der Waals surface area contributed by atoms with Crippen LogP contribution in [0, 0.1) is 0 Å². The lowest BCUT2D eigenvalue weighted by atomic mass is 10.1. The van der Waals surface area contributed by atoms with Crippen molar-refractivity contribution in [3.8, 4) is 5.75 Å². The van der Waals surface area contributed by atoms with Gasteiger partial charge in [-0.05, 0) is 49.6 Å². The van der Waals surface area contributed by atoms with E-state index in [0.29, 0.717) is 41.2 Å². The summed E-state index contributed by atoms with van der Waals surface area (Å²) < 4.78 is 12.4. The molecule has 1 saturated heterocycles. The van der Waals surface area contributed by atoms with Gasteiger partial charge in [0.15, 0.2) is 0 Å². The Morgan fingerprint density at radius 1 is 1.15 bits per heavy atom. The van der Waals surface area contributed by atoms with Crippen molar-refractivity contribution in [1.29, 1.82) is 0 Å². The molecule has 2 aromatic rings. The third-order valence-corrected chi connectivity index (χ3v) is 6.81. The Hall–Kier alpha value is -2.16. The Morgan fingerprint density at radius 2 is 1.94 bits per heavy atom. The highest BCUT2D eigenvalue weighted by atomic mass is 79.9. The fourth-order valence-corrected chi connectivity index (χ4v) is 4.96. The van der Waals surface area contributed by atoms with Gasteiger partial charge in [-0.3, -0.25) is 14.5 Å². The molecule has 0 spiro atoms. The molecule has 2 aromatic carbocycles. The van der Waals surface area contributed by atoms with E-state index in [9.17, 15) is 9.59 Å². The molecule has 5 nitrogen and oxygen atoms in total. The number of carbonyl (C=O) groups is 2. The number of unbranched alkanes of at least 4 members (excludes halogenated alkanes) is 2. The highest BCUT2D eigenvalue weighted by Crippen LogP contribution is 2.35. The lowest BCUT2D eigenvalue weighted by Gasteiger charge is -2.14. The molecule has 0 aliphatic carbocycles. The number of hydrogen-bond acceptors (Lipinski definition) is 6. The summed E-state index contributed by atoms with van der Waals surface area (Å²) in [6.45, 7) is 3.18. The van der Waals surface area contributed by atoms with Gasteiger partial charge in [-0.15, -0.1) is 0 Å². The molecule has 0 atom stereocenters. The fourth-order valence-electron chi connectivity index (χ4n) is 3.28. The van der Waals surface area contributed by atoms with E-state index >= 15 is 0 Å². The number of carbonyl (C=O) groups excluding carboxylic acids is 2. The molecule has 0 N–H and O–H groups in total. The summed E-state index contributed by atoms with van der Waals surface area (Å²) in [6.07, 6.45) is 4.59. The van der Waals surface area contributed by atoms with Crippen molar-refractivity contribution in [3.05, 3.63) is 69.0 Å². The van der Waals surface area contributed by atoms with Crippen molar-refractivity contribution < 1.29 is 19.1 Å². The van der Waals surface area contributed by atoms with Crippen LogP contribution in [-0.4, -0.2) is 34.2 Å². The first-order valence-corrected chi connectivity index (χ1v) is 12.9. The van der Waals surface area contributed by atoms with Crippen LogP contribution < -0.4 is 4.74 Å². The van der Waals surface area contributed by atoms with Crippen LogP contribution in [0.5, 0.6) is 5.75 Å². The van der Waals surface area contributed by atoms with E-state index < -0.39 is 0 Å². The third kappa shape index (κ3) is 7.69. The predicted octanol–water partition coefficient (Wildman–Crippen LogP) is 6.35. The predicted molar refractivity (Wildman–Crippen MR) is 140 cm³/mol. The first-order chi connectivity index (χ1) is 16.0. The lowest BCUT2D eigenvalue weighted by molar-refractivity contribution is -0.143. The maximum Gasteiger partial charge on any atom is 0.305 e. The molecule has 3 rings (SSSR count). The van der Waals surface area contributed by atoms with Crippen LogP contribution in [0.3, 0.4) is 0 Å². The minimum absolute atomic E-state index is 0.0932. The van der Waals surface area contributed by atoms with Gasteiger partial charge in [0.25, 0.3) is 5.91 Å². The molecule has 33 heavy (non-hydrogen) atoms. The fraction of sp³-hybridized carbons (Fsp3) is 0.320. The summed E-state index contributed by atoms with van der Waals surface area (Å²) >= 11 is 10.3. The summed E-state index contributed by atoms with van der Waals surface area (Å²) in [6, 6.07) is 15.7. The zero-order chi connectivity index (χ0) is 23.6. The second-order valence-corrected chi connectivity index (χ2v) is 10.00. The first-order valence-electron chi connectivity index (χ1n) is 10.8. The van der Waals surface area contributed by atoms with Gasteiger partial charge in [0, 0.05) is 23.0 Å². The van der Waals surface area contributed by atoms with Gasteiger partial charge < -0.3 is 9.47 Å². The Balaban J connectivity index is 1.61. The molecule has 1 aliphatic rings. The van der Waals surface area contributed by atoms with Crippen LogP contribution in [0.15, 0.2) is 57.9 Å². The molecule has 1 heterocycles. The van der Waals surface area contributed by atoms with Crippen LogP contribution in [0.25, 0.3) is 6.08 Å². The van der Waals surface area contributed by atoms with Crippen LogP contribution in [0.2, 0.25) is 0 Å². The number of ether oxygens (including phenoxy) is 2. The van der Waals surface area contributed by atoms with Crippen molar-refractivity contribution in [2.45, 2.75) is 39.2 Å². The lowest BCUT2D eigenvalue weighted by Crippen LogP contribution is -2.29. The normalized spacial score (nSPS) is 14.7. The van der Waals surface area contributed by atoms with Gasteiger partial charge in [-0.25, -0.2) is 0 Å². The van der Waals surface area contributed by atoms with E-state index in [0.717, 1.165) is 34.9 Å². The maximum atomic E-state index is 13.0. The van der Waals surface area contributed by atoms with Crippen LogP contribution in [-0.2, 0) is 20.9 Å². The first kappa shape index (κ1) is 25.5. The smallest absolute Gasteiger partial charge is 0.305 e. The van der Waals surface area contributed by atoms with Gasteiger partial charge in [0.1, 0.15) is 16.7 Å². The Morgan fingerprint density at radius 3 is 2.70 bits per heavy atom. The van der Waals surface area contributed by atoms with E-state index in [-0.39, 0.29) is 11.9 Å². The molecule has 1 fully saturated rings. The highest BCUT2D eigenvalue weighted by molar-refractivity contribution is 9.10. The van der Waals surface area contributed by atoms with E-state index in [1.165, 1.54) is 11.8 Å². The quantitative estimate of drug-likeness (QED) is 0.141. The molecule has 1 amide bonds. The Bertz CT molecular complexity index is 1030. The second-order valence-electron chi connectivity index (χ2n) is 7.41. The number of thioether (sulfide) groups is 1. The minimum Gasteiger partial charge on any atom is -0.488 e. The molecule has 0 unspecified atom stereocenters. The van der Waals surface area contributed by atoms with Gasteiger partial charge in [0.05, 0.1) is 11.5 Å². The van der Waals surface area contributed by atoms with Crippen molar-refractivity contribution in [2.24, 2.45) is 0 Å². The number of halogens is 1. The SMILES string of the molecule is CCOC(=O)CCCCCN1C(=O)/C(=C/c2cc(Br)ccc2OCc2ccccc2)SC1=S. The van der Waals surface area contributed by atoms with E-state index in [1.54, 1.807) is 11.8 Å². The van der Waals surface area contributed by atoms with E-state index in [4.69, 9.17) is 21.7 Å². The Labute approximate surface area is 212 Å². The number of benzene rings is 2. The number of rotatable bonds is 11. The average Bonchev–Trinajstić information content (AvgIpc) is 3.06. The molecular weight excluding hydrogens is 522 g/mol. The summed E-state index contributed by atoms with van der Waals surface area (Å²) in [5.74, 6) is 0.431. The summed E-state index contributed by atoms with van der Waals surface area (Å²) in [5.41, 5.74) is 1.89. The van der Waals surface area contributed by atoms with Crippen LogP contribution in [0.4, 0.5) is 0 Å². The van der Waals surface area contributed by atoms with Crippen LogP contribution >= 0.6 is 39.9 Å². The van der Waals surface area contributed by atoms with Crippen LogP contribution in [0.1, 0.15) is 43.7 Å². The number of esters is 1. The molecular formula is C25H26BrNO4S2. The minimum atomic E-state index is -0.176. The molecule has 8 heteroatoms. The van der Waals surface area contributed by atoms with Gasteiger partial charge in [-0.2, -0.15) is 0 Å².